The van der Waals surface area contributed by atoms with Gasteiger partial charge >= 0.3 is 0 Å². The van der Waals surface area contributed by atoms with Crippen LogP contribution in [0.2, 0.25) is 0 Å². The van der Waals surface area contributed by atoms with Crippen LogP contribution in [0.25, 0.3) is 24.3 Å². The molecule has 140 valence electrons. The average Bonchev–Trinajstić information content (AvgIpc) is 2.72. The summed E-state index contributed by atoms with van der Waals surface area (Å²) in [5.41, 5.74) is 5.57. The number of non-ortho nitro benzene ring substituents is 1. The van der Waals surface area contributed by atoms with Crippen LogP contribution in [0.3, 0.4) is 0 Å². The standard InChI is InChI=1S/C24H22N2O2/c1-25(2)23-15-11-21(12-16-23)9-7-19-3-5-20(6-4-19)8-10-22-13-17-24(18-14-22)26(27)28/h3-18H,1-2H3/b9-7+,10-8+. The van der Waals surface area contributed by atoms with Crippen LogP contribution in [-0.4, -0.2) is 19.0 Å². The van der Waals surface area contributed by atoms with Crippen LogP contribution in [0.4, 0.5) is 11.4 Å². The molecule has 0 amide bonds. The van der Waals surface area contributed by atoms with E-state index in [0.717, 1.165) is 22.3 Å². The zero-order valence-corrected chi connectivity index (χ0v) is 15.9. The summed E-state index contributed by atoms with van der Waals surface area (Å²) in [6, 6.07) is 23.2. The molecule has 3 aromatic rings. The number of benzene rings is 3. The quantitative estimate of drug-likeness (QED) is 0.304. The van der Waals surface area contributed by atoms with Gasteiger partial charge in [-0.2, -0.15) is 0 Å². The van der Waals surface area contributed by atoms with Crippen LogP contribution in [-0.2, 0) is 0 Å². The Kier molecular flexibility index (Phi) is 6.02. The summed E-state index contributed by atoms with van der Waals surface area (Å²) in [6.45, 7) is 0. The second kappa shape index (κ2) is 8.82. The Morgan fingerprint density at radius 3 is 1.29 bits per heavy atom. The van der Waals surface area contributed by atoms with Gasteiger partial charge in [0.05, 0.1) is 4.92 Å². The maximum absolute atomic E-state index is 10.7. The van der Waals surface area contributed by atoms with Gasteiger partial charge in [-0.3, -0.25) is 10.1 Å². The third kappa shape index (κ3) is 5.17. The lowest BCUT2D eigenvalue weighted by molar-refractivity contribution is -0.384. The Labute approximate surface area is 165 Å². The zero-order chi connectivity index (χ0) is 19.9. The van der Waals surface area contributed by atoms with E-state index < -0.39 is 4.92 Å². The van der Waals surface area contributed by atoms with Gasteiger partial charge in [-0.1, -0.05) is 60.7 Å². The highest BCUT2D eigenvalue weighted by atomic mass is 16.6. The molecule has 0 radical (unpaired) electrons. The van der Waals surface area contributed by atoms with Crippen LogP contribution >= 0.6 is 0 Å². The van der Waals surface area contributed by atoms with Gasteiger partial charge in [-0.15, -0.1) is 0 Å². The Morgan fingerprint density at radius 2 is 0.964 bits per heavy atom. The molecule has 0 bridgehead atoms. The molecular formula is C24H22N2O2. The topological polar surface area (TPSA) is 46.4 Å². The molecule has 0 heterocycles. The Bertz CT molecular complexity index is 984. The van der Waals surface area contributed by atoms with E-state index >= 15 is 0 Å². The van der Waals surface area contributed by atoms with Gasteiger partial charge < -0.3 is 4.90 Å². The van der Waals surface area contributed by atoms with Crippen molar-refractivity contribution < 1.29 is 4.92 Å². The van der Waals surface area contributed by atoms with Crippen LogP contribution in [0.1, 0.15) is 22.3 Å². The predicted octanol–water partition coefficient (Wildman–Crippen LogP) is 6.00. The van der Waals surface area contributed by atoms with Gasteiger partial charge in [0.15, 0.2) is 0 Å². The highest BCUT2D eigenvalue weighted by Crippen LogP contribution is 2.17. The minimum Gasteiger partial charge on any atom is -0.378 e. The number of anilines is 1. The fourth-order valence-corrected chi connectivity index (χ4v) is 2.69. The molecule has 0 aliphatic heterocycles. The lowest BCUT2D eigenvalue weighted by atomic mass is 10.1. The second-order valence-corrected chi connectivity index (χ2v) is 6.67. The first-order valence-corrected chi connectivity index (χ1v) is 8.99. The average molecular weight is 370 g/mol. The van der Waals surface area contributed by atoms with Crippen molar-refractivity contribution in [2.24, 2.45) is 0 Å². The van der Waals surface area contributed by atoms with Crippen molar-refractivity contribution in [2.45, 2.75) is 0 Å². The van der Waals surface area contributed by atoms with E-state index in [0.29, 0.717) is 0 Å². The highest BCUT2D eigenvalue weighted by Gasteiger charge is 2.02. The lowest BCUT2D eigenvalue weighted by Gasteiger charge is -2.11. The van der Waals surface area contributed by atoms with Gasteiger partial charge in [0.2, 0.25) is 0 Å². The summed E-state index contributed by atoms with van der Waals surface area (Å²) < 4.78 is 0. The van der Waals surface area contributed by atoms with Gasteiger partial charge in [0, 0.05) is 31.9 Å². The number of nitrogens with zero attached hydrogens (tertiary/aromatic N) is 2. The first-order valence-electron chi connectivity index (χ1n) is 8.99. The van der Waals surface area contributed by atoms with Crippen molar-refractivity contribution in [1.29, 1.82) is 0 Å². The number of nitro benzene ring substituents is 1. The molecule has 0 saturated carbocycles. The summed E-state index contributed by atoms with van der Waals surface area (Å²) in [6.07, 6.45) is 8.13. The van der Waals surface area contributed by atoms with E-state index in [1.165, 1.54) is 17.8 Å². The third-order valence-corrected chi connectivity index (χ3v) is 4.39. The summed E-state index contributed by atoms with van der Waals surface area (Å²) >= 11 is 0. The monoisotopic (exact) mass is 370 g/mol. The Morgan fingerprint density at radius 1 is 0.643 bits per heavy atom. The molecule has 28 heavy (non-hydrogen) atoms. The van der Waals surface area contributed by atoms with Crippen molar-refractivity contribution in [1.82, 2.24) is 0 Å². The molecule has 0 aliphatic rings. The molecule has 0 unspecified atom stereocenters. The largest absolute Gasteiger partial charge is 0.378 e. The van der Waals surface area contributed by atoms with Gasteiger partial charge in [0.1, 0.15) is 0 Å². The predicted molar refractivity (Wildman–Crippen MR) is 118 cm³/mol. The Hall–Kier alpha value is -3.66. The first kappa shape index (κ1) is 19.1. The SMILES string of the molecule is CN(C)c1ccc(/C=C/c2ccc(/C=C/c3ccc([N+](=O)[O-])cc3)cc2)cc1. The van der Waals surface area contributed by atoms with Gasteiger partial charge in [0.25, 0.3) is 5.69 Å². The molecule has 0 fully saturated rings. The summed E-state index contributed by atoms with van der Waals surface area (Å²) in [4.78, 5) is 12.4. The van der Waals surface area contributed by atoms with Crippen molar-refractivity contribution in [3.05, 3.63) is 105 Å². The molecule has 0 spiro atoms. The molecule has 0 atom stereocenters. The molecule has 3 aromatic carbocycles. The number of hydrogen-bond acceptors (Lipinski definition) is 3. The minimum atomic E-state index is -0.393. The molecule has 0 saturated heterocycles. The lowest BCUT2D eigenvalue weighted by Crippen LogP contribution is -2.07. The maximum atomic E-state index is 10.7. The van der Waals surface area contributed by atoms with E-state index in [4.69, 9.17) is 0 Å². The highest BCUT2D eigenvalue weighted by molar-refractivity contribution is 5.73. The molecule has 3 rings (SSSR count). The first-order chi connectivity index (χ1) is 13.5. The normalized spacial score (nSPS) is 11.2. The van der Waals surface area contributed by atoms with Crippen molar-refractivity contribution in [2.75, 3.05) is 19.0 Å². The van der Waals surface area contributed by atoms with Crippen LogP contribution < -0.4 is 4.90 Å². The van der Waals surface area contributed by atoms with Crippen LogP contribution in [0.15, 0.2) is 72.8 Å². The Balaban J connectivity index is 1.63. The fraction of sp³-hybridized carbons (Fsp3) is 0.0833. The second-order valence-electron chi connectivity index (χ2n) is 6.67. The van der Waals surface area contributed by atoms with E-state index in [1.807, 2.05) is 26.2 Å². The summed E-state index contributed by atoms with van der Waals surface area (Å²) in [5.74, 6) is 0. The summed E-state index contributed by atoms with van der Waals surface area (Å²) in [7, 11) is 4.06. The van der Waals surface area contributed by atoms with E-state index in [9.17, 15) is 10.1 Å². The number of nitro groups is 1. The van der Waals surface area contributed by atoms with Crippen LogP contribution in [0.5, 0.6) is 0 Å². The summed E-state index contributed by atoms with van der Waals surface area (Å²) in [5, 5.41) is 10.7. The van der Waals surface area contributed by atoms with Gasteiger partial charge in [-0.05, 0) is 46.5 Å². The molecule has 0 N–H and O–H groups in total. The minimum absolute atomic E-state index is 0.102. The van der Waals surface area contributed by atoms with Gasteiger partial charge in [-0.25, -0.2) is 0 Å². The van der Waals surface area contributed by atoms with E-state index in [-0.39, 0.29) is 5.69 Å². The van der Waals surface area contributed by atoms with Crippen molar-refractivity contribution >= 4 is 35.7 Å². The van der Waals surface area contributed by atoms with E-state index in [2.05, 4.69) is 65.6 Å². The third-order valence-electron chi connectivity index (χ3n) is 4.39. The van der Waals surface area contributed by atoms with Crippen molar-refractivity contribution in [3.8, 4) is 0 Å². The fourth-order valence-electron chi connectivity index (χ4n) is 2.69. The maximum Gasteiger partial charge on any atom is 0.269 e. The molecule has 0 aliphatic carbocycles. The van der Waals surface area contributed by atoms with E-state index in [1.54, 1.807) is 12.1 Å². The van der Waals surface area contributed by atoms with Crippen molar-refractivity contribution in [3.63, 3.8) is 0 Å². The smallest absolute Gasteiger partial charge is 0.269 e. The molecular weight excluding hydrogens is 348 g/mol. The molecule has 4 heteroatoms. The van der Waals surface area contributed by atoms with Crippen LogP contribution in [0, 0.1) is 10.1 Å². The molecule has 4 nitrogen and oxygen atoms in total. The number of rotatable bonds is 6. The number of hydrogen-bond donors (Lipinski definition) is 0. The molecule has 0 aromatic heterocycles. The zero-order valence-electron chi connectivity index (χ0n) is 15.9.